The van der Waals surface area contributed by atoms with Gasteiger partial charge in [0, 0.05) is 0 Å². The molecule has 1 aliphatic carbocycles. The highest BCUT2D eigenvalue weighted by atomic mass is 35.5. The number of halogens is 2. The first-order valence-corrected chi connectivity index (χ1v) is 8.05. The smallest absolute Gasteiger partial charge is 0.282 e. The van der Waals surface area contributed by atoms with Crippen molar-refractivity contribution in [2.45, 2.75) is 22.6 Å². The highest BCUT2D eigenvalue weighted by Crippen LogP contribution is 2.25. The maximum Gasteiger partial charge on any atom is 0.282 e. The highest BCUT2D eigenvalue weighted by molar-refractivity contribution is 7.90. The predicted octanol–water partition coefficient (Wildman–Crippen LogP) is 2.56. The van der Waals surface area contributed by atoms with Crippen LogP contribution < -0.4 is 0 Å². The zero-order chi connectivity index (χ0) is 14.9. The van der Waals surface area contributed by atoms with E-state index in [4.69, 9.17) is 23.2 Å². The maximum absolute atomic E-state index is 12.2. The predicted molar refractivity (Wildman–Crippen MR) is 79.1 cm³/mol. The molecule has 0 aromatic heterocycles. The zero-order valence-electron chi connectivity index (χ0n) is 10.5. The molecule has 0 saturated carbocycles. The Balaban J connectivity index is 2.50. The van der Waals surface area contributed by atoms with Gasteiger partial charge in [0.15, 0.2) is 5.78 Å². The minimum absolute atomic E-state index is 0.0622. The van der Waals surface area contributed by atoms with Crippen molar-refractivity contribution in [3.63, 3.8) is 0 Å². The van der Waals surface area contributed by atoms with Gasteiger partial charge in [0.05, 0.1) is 10.6 Å². The molecule has 7 heteroatoms. The molecule has 0 amide bonds. The fourth-order valence-corrected chi connectivity index (χ4v) is 3.47. The third-order valence-electron chi connectivity index (χ3n) is 2.81. The van der Waals surface area contributed by atoms with Crippen LogP contribution in [0.5, 0.6) is 0 Å². The third kappa shape index (κ3) is 2.95. The van der Waals surface area contributed by atoms with Gasteiger partial charge in [-0.05, 0) is 30.7 Å². The summed E-state index contributed by atoms with van der Waals surface area (Å²) in [6, 6.07) is 7.78. The Morgan fingerprint density at radius 1 is 1.10 bits per heavy atom. The number of hydrogen-bond donors (Lipinski definition) is 0. The molecule has 0 bridgehead atoms. The number of hydrogen-bond acceptors (Lipinski definition) is 3. The van der Waals surface area contributed by atoms with Crippen LogP contribution in [0.2, 0.25) is 0 Å². The number of benzene rings is 1. The fourth-order valence-electron chi connectivity index (χ4n) is 1.76. The molecular formula is C13H11Cl2NO3S. The Bertz CT molecular complexity index is 696. The lowest BCUT2D eigenvalue weighted by molar-refractivity contribution is -0.114. The molecule has 0 aliphatic heterocycles. The van der Waals surface area contributed by atoms with Gasteiger partial charge < -0.3 is 0 Å². The van der Waals surface area contributed by atoms with Crippen LogP contribution in [0.25, 0.3) is 0 Å². The molecule has 0 unspecified atom stereocenters. The van der Waals surface area contributed by atoms with Gasteiger partial charge in [-0.2, -0.15) is 12.8 Å². The first-order valence-electron chi connectivity index (χ1n) is 5.73. The topological polar surface area (TPSA) is 63.6 Å². The van der Waals surface area contributed by atoms with Crippen molar-refractivity contribution in [2.24, 2.45) is 4.40 Å². The minimum Gasteiger partial charge on any atom is -0.293 e. The minimum atomic E-state index is -3.87. The van der Waals surface area contributed by atoms with E-state index in [1.165, 1.54) is 18.2 Å². The van der Waals surface area contributed by atoms with Crippen molar-refractivity contribution in [1.82, 2.24) is 0 Å². The second kappa shape index (κ2) is 5.68. The third-order valence-corrected chi connectivity index (χ3v) is 5.17. The van der Waals surface area contributed by atoms with E-state index in [0.29, 0.717) is 5.57 Å². The van der Waals surface area contributed by atoms with Crippen LogP contribution in [0.1, 0.15) is 6.92 Å². The zero-order valence-corrected chi connectivity index (χ0v) is 12.8. The van der Waals surface area contributed by atoms with E-state index in [1.54, 1.807) is 25.1 Å². The summed E-state index contributed by atoms with van der Waals surface area (Å²) < 4.78 is 28.1. The lowest BCUT2D eigenvalue weighted by atomic mass is 9.97. The van der Waals surface area contributed by atoms with E-state index in [-0.39, 0.29) is 16.4 Å². The molecule has 0 N–H and O–H groups in total. The van der Waals surface area contributed by atoms with E-state index < -0.39 is 20.8 Å². The van der Waals surface area contributed by atoms with E-state index in [2.05, 4.69) is 4.40 Å². The van der Waals surface area contributed by atoms with E-state index in [9.17, 15) is 13.2 Å². The van der Waals surface area contributed by atoms with Crippen molar-refractivity contribution in [2.75, 3.05) is 0 Å². The number of rotatable bonds is 2. The van der Waals surface area contributed by atoms with Gasteiger partial charge >= 0.3 is 0 Å². The molecule has 2 rings (SSSR count). The number of allylic oxidation sites excluding steroid dienone is 2. The van der Waals surface area contributed by atoms with Gasteiger partial charge in [0.25, 0.3) is 10.0 Å². The van der Waals surface area contributed by atoms with Gasteiger partial charge in [0.2, 0.25) is 0 Å². The van der Waals surface area contributed by atoms with Crippen LogP contribution in [-0.2, 0) is 14.8 Å². The summed E-state index contributed by atoms with van der Waals surface area (Å²) in [4.78, 5) is 11.6. The second-order valence-corrected chi connectivity index (χ2v) is 6.84. The highest BCUT2D eigenvalue weighted by Gasteiger charge is 2.34. The van der Waals surface area contributed by atoms with Gasteiger partial charge in [-0.3, -0.25) is 4.79 Å². The van der Waals surface area contributed by atoms with Crippen molar-refractivity contribution in [1.29, 1.82) is 0 Å². The summed E-state index contributed by atoms with van der Waals surface area (Å²) in [7, 11) is -3.87. The van der Waals surface area contributed by atoms with E-state index >= 15 is 0 Å². The molecule has 1 aromatic carbocycles. The molecule has 1 aliphatic rings. The van der Waals surface area contributed by atoms with Crippen molar-refractivity contribution < 1.29 is 13.2 Å². The van der Waals surface area contributed by atoms with Crippen molar-refractivity contribution >= 4 is 44.7 Å². The summed E-state index contributed by atoms with van der Waals surface area (Å²) >= 11 is 11.9. The number of nitrogens with zero attached hydrogens (tertiary/aromatic N) is 1. The fraction of sp³-hybridized carbons (Fsp3) is 0.231. The average Bonchev–Trinajstić information content (AvgIpc) is 2.42. The van der Waals surface area contributed by atoms with Gasteiger partial charge in [-0.1, -0.05) is 18.2 Å². The maximum atomic E-state index is 12.2. The first kappa shape index (κ1) is 15.2. The summed E-state index contributed by atoms with van der Waals surface area (Å²) in [6.45, 7) is 1.58. The normalized spacial score (nSPS) is 25.6. The van der Waals surface area contributed by atoms with Crippen LogP contribution in [0, 0.1) is 0 Å². The molecule has 1 aromatic rings. The van der Waals surface area contributed by atoms with Gasteiger partial charge in [-0.15, -0.1) is 23.2 Å². The number of carbonyl (C=O) groups is 1. The molecule has 20 heavy (non-hydrogen) atoms. The Morgan fingerprint density at radius 2 is 1.70 bits per heavy atom. The summed E-state index contributed by atoms with van der Waals surface area (Å²) in [6.07, 6.45) is 1.26. The van der Waals surface area contributed by atoms with Crippen molar-refractivity contribution in [3.8, 4) is 0 Å². The van der Waals surface area contributed by atoms with Crippen LogP contribution in [0.3, 0.4) is 0 Å². The van der Waals surface area contributed by atoms with Crippen LogP contribution in [0.15, 0.2) is 51.3 Å². The van der Waals surface area contributed by atoms with Crippen molar-refractivity contribution in [3.05, 3.63) is 42.0 Å². The van der Waals surface area contributed by atoms with Crippen LogP contribution in [-0.4, -0.2) is 30.7 Å². The molecule has 0 saturated heterocycles. The molecule has 0 radical (unpaired) electrons. The quantitative estimate of drug-likeness (QED) is 0.782. The SMILES string of the molecule is CC1=CC(=O)[C@H](Cl)[C@@H](Cl)C1=NS(=O)(=O)c1ccccc1. The molecule has 4 nitrogen and oxygen atoms in total. The molecule has 0 spiro atoms. The van der Waals surface area contributed by atoms with E-state index in [0.717, 1.165) is 0 Å². The molecular weight excluding hydrogens is 321 g/mol. The lowest BCUT2D eigenvalue weighted by Crippen LogP contribution is -2.36. The van der Waals surface area contributed by atoms with Gasteiger partial charge in [0.1, 0.15) is 10.8 Å². The lowest BCUT2D eigenvalue weighted by Gasteiger charge is -2.21. The number of alkyl halides is 2. The monoisotopic (exact) mass is 331 g/mol. The Hall–Kier alpha value is -1.17. The van der Waals surface area contributed by atoms with Crippen LogP contribution >= 0.6 is 23.2 Å². The van der Waals surface area contributed by atoms with E-state index in [1.807, 2.05) is 0 Å². The first-order chi connectivity index (χ1) is 9.33. The number of carbonyl (C=O) groups excluding carboxylic acids is 1. The number of sulfonamides is 1. The standard InChI is InChI=1S/C13H11Cl2NO3S/c1-8-7-10(17)11(14)12(15)13(8)16-20(18,19)9-5-3-2-4-6-9/h2-7,11-12H,1H3/t11-,12+/m0/s1. The Kier molecular flexibility index (Phi) is 4.32. The van der Waals surface area contributed by atoms with Gasteiger partial charge in [-0.25, -0.2) is 0 Å². The molecule has 2 atom stereocenters. The molecule has 106 valence electrons. The Labute approximate surface area is 127 Å². The summed E-state index contributed by atoms with van der Waals surface area (Å²) in [5.41, 5.74) is 0.515. The average molecular weight is 332 g/mol. The number of ketones is 1. The second-order valence-electron chi connectivity index (χ2n) is 4.30. The molecule has 0 fully saturated rings. The van der Waals surface area contributed by atoms with Crippen LogP contribution in [0.4, 0.5) is 0 Å². The largest absolute Gasteiger partial charge is 0.293 e. The Morgan fingerprint density at radius 3 is 2.30 bits per heavy atom. The molecule has 0 heterocycles. The summed E-state index contributed by atoms with van der Waals surface area (Å²) in [5.74, 6) is -0.347. The summed E-state index contributed by atoms with van der Waals surface area (Å²) in [5, 5.41) is -1.97.